The molecule has 1 aromatic carbocycles. The van der Waals surface area contributed by atoms with Gasteiger partial charge in [0.05, 0.1) is 18.7 Å². The fourth-order valence-electron chi connectivity index (χ4n) is 4.57. The highest BCUT2D eigenvalue weighted by Crippen LogP contribution is 2.39. The number of amidine groups is 1. The molecule has 2 atom stereocenters. The number of esters is 1. The number of halogens is 4. The largest absolute Gasteiger partial charge is 0.463 e. The standard InChI is InChI=1S/C25H26BrF3N4O3S/c1-3-36-24(35)20-19(12-33-13-25(28,29)11-16(33)6-4-14(2)34)31-22(23-30-8-9-37-23)32-21(20)17-7-5-15(27)10-18(17)26/h5,7-10,16,21H,3-4,6,11-13H2,1-2H3,(H,31,32)/t16-,21-/m0/s1. The number of carbonyl (C=O) groups excluding carboxylic acids is 2. The van der Waals surface area contributed by atoms with Crippen LogP contribution in [0.15, 0.2) is 50.5 Å². The molecule has 37 heavy (non-hydrogen) atoms. The average molecular weight is 599 g/mol. The number of nitrogens with one attached hydrogen (secondary N) is 1. The molecule has 0 unspecified atom stereocenters. The SMILES string of the molecule is CCOC(=O)C1=C(CN2CC(F)(F)C[C@@H]2CCC(C)=O)NC(c2nccs2)=N[C@H]1c1ccc(F)cc1Br. The minimum atomic E-state index is -2.92. The Bertz CT molecular complexity index is 1240. The van der Waals surface area contributed by atoms with E-state index in [2.05, 4.69) is 26.2 Å². The molecule has 1 N–H and O–H groups in total. The van der Waals surface area contributed by atoms with Crippen molar-refractivity contribution in [2.45, 2.75) is 51.1 Å². The van der Waals surface area contributed by atoms with E-state index in [1.807, 2.05) is 0 Å². The minimum Gasteiger partial charge on any atom is -0.463 e. The van der Waals surface area contributed by atoms with Gasteiger partial charge in [-0.15, -0.1) is 11.3 Å². The van der Waals surface area contributed by atoms with Crippen LogP contribution in [0.4, 0.5) is 13.2 Å². The van der Waals surface area contributed by atoms with Crippen molar-refractivity contribution >= 4 is 44.9 Å². The number of thiazole rings is 1. The lowest BCUT2D eigenvalue weighted by Crippen LogP contribution is -2.41. The summed E-state index contributed by atoms with van der Waals surface area (Å²) in [5.74, 6) is -3.75. The number of ketones is 1. The van der Waals surface area contributed by atoms with Gasteiger partial charge < -0.3 is 14.8 Å². The third-order valence-electron chi connectivity index (χ3n) is 6.19. The Hall–Kier alpha value is -2.57. The van der Waals surface area contributed by atoms with Gasteiger partial charge in [-0.1, -0.05) is 22.0 Å². The molecule has 0 aliphatic carbocycles. The molecule has 4 rings (SSSR count). The Balaban J connectivity index is 1.80. The number of aliphatic imine (C=N–C) groups is 1. The summed E-state index contributed by atoms with van der Waals surface area (Å²) >= 11 is 4.70. The van der Waals surface area contributed by atoms with Crippen molar-refractivity contribution in [2.24, 2.45) is 4.99 Å². The molecule has 0 amide bonds. The highest BCUT2D eigenvalue weighted by Gasteiger charge is 2.46. The van der Waals surface area contributed by atoms with Crippen LogP contribution in [0.3, 0.4) is 0 Å². The third-order valence-corrected chi connectivity index (χ3v) is 7.66. The van der Waals surface area contributed by atoms with E-state index in [0.717, 1.165) is 0 Å². The number of hydrogen-bond acceptors (Lipinski definition) is 8. The van der Waals surface area contributed by atoms with Crippen molar-refractivity contribution in [3.8, 4) is 0 Å². The van der Waals surface area contributed by atoms with Crippen molar-refractivity contribution in [1.29, 1.82) is 0 Å². The molecule has 1 fully saturated rings. The van der Waals surface area contributed by atoms with E-state index < -0.39 is 36.3 Å². The molecular weight excluding hydrogens is 573 g/mol. The average Bonchev–Trinajstić information content (AvgIpc) is 3.45. The number of Topliss-reactive ketones (excluding diaryl/α,β-unsaturated/α-hetero) is 1. The second kappa shape index (κ2) is 11.4. The first-order valence-corrected chi connectivity index (χ1v) is 13.5. The number of alkyl halides is 2. The Morgan fingerprint density at radius 1 is 1.35 bits per heavy atom. The Kier molecular flexibility index (Phi) is 8.49. The molecule has 0 radical (unpaired) electrons. The van der Waals surface area contributed by atoms with Gasteiger partial charge in [-0.3, -0.25) is 9.89 Å². The first kappa shape index (κ1) is 27.5. The maximum absolute atomic E-state index is 14.5. The second-order valence-corrected chi connectivity index (χ2v) is 10.7. The summed E-state index contributed by atoms with van der Waals surface area (Å²) in [6.07, 6.45) is 1.71. The minimum absolute atomic E-state index is 0.0218. The van der Waals surface area contributed by atoms with Crippen LogP contribution in [0, 0.1) is 5.82 Å². The normalized spacial score (nSPS) is 21.5. The summed E-state index contributed by atoms with van der Waals surface area (Å²) in [7, 11) is 0. The summed E-state index contributed by atoms with van der Waals surface area (Å²) < 4.78 is 48.6. The Morgan fingerprint density at radius 3 is 2.78 bits per heavy atom. The third kappa shape index (κ3) is 6.47. The van der Waals surface area contributed by atoms with Crippen LogP contribution >= 0.6 is 27.3 Å². The number of aromatic nitrogens is 1. The van der Waals surface area contributed by atoms with E-state index in [9.17, 15) is 22.8 Å². The number of ether oxygens (including phenoxy) is 1. The Morgan fingerprint density at radius 2 is 2.14 bits per heavy atom. The molecule has 1 aromatic heterocycles. The van der Waals surface area contributed by atoms with Gasteiger partial charge in [0.1, 0.15) is 17.6 Å². The van der Waals surface area contributed by atoms with Crippen LogP contribution in [0.25, 0.3) is 0 Å². The quantitative estimate of drug-likeness (QED) is 0.408. The molecule has 1 saturated heterocycles. The summed E-state index contributed by atoms with van der Waals surface area (Å²) in [4.78, 5) is 35.4. The van der Waals surface area contributed by atoms with Crippen molar-refractivity contribution < 1.29 is 27.5 Å². The molecule has 0 saturated carbocycles. The van der Waals surface area contributed by atoms with Crippen LogP contribution in [0.5, 0.6) is 0 Å². The fraction of sp³-hybridized carbons (Fsp3) is 0.440. The molecular formula is C25H26BrF3N4O3S. The summed E-state index contributed by atoms with van der Waals surface area (Å²) in [6.45, 7) is 2.67. The molecule has 2 aliphatic heterocycles. The van der Waals surface area contributed by atoms with E-state index >= 15 is 0 Å². The molecule has 2 aliphatic rings. The molecule has 198 valence electrons. The smallest absolute Gasteiger partial charge is 0.338 e. The first-order valence-electron chi connectivity index (χ1n) is 11.8. The zero-order valence-corrected chi connectivity index (χ0v) is 22.7. The van der Waals surface area contributed by atoms with E-state index in [-0.39, 0.29) is 43.8 Å². The van der Waals surface area contributed by atoms with Gasteiger partial charge in [0.2, 0.25) is 0 Å². The molecule has 3 heterocycles. The number of hydrogen-bond donors (Lipinski definition) is 1. The second-order valence-electron chi connectivity index (χ2n) is 8.98. The maximum atomic E-state index is 14.5. The van der Waals surface area contributed by atoms with Gasteiger partial charge >= 0.3 is 5.97 Å². The van der Waals surface area contributed by atoms with Gasteiger partial charge in [-0.25, -0.2) is 22.9 Å². The van der Waals surface area contributed by atoms with Gasteiger partial charge in [-0.05, 0) is 38.0 Å². The van der Waals surface area contributed by atoms with Crippen molar-refractivity contribution in [3.63, 3.8) is 0 Å². The maximum Gasteiger partial charge on any atom is 0.338 e. The predicted molar refractivity (Wildman–Crippen MR) is 137 cm³/mol. The number of rotatable bonds is 9. The number of carbonyl (C=O) groups is 2. The fourth-order valence-corrected chi connectivity index (χ4v) is 5.73. The van der Waals surface area contributed by atoms with Crippen LogP contribution in [0.1, 0.15) is 49.7 Å². The van der Waals surface area contributed by atoms with Crippen molar-refractivity contribution in [1.82, 2.24) is 15.2 Å². The topological polar surface area (TPSA) is 83.9 Å². The number of likely N-dealkylation sites (tertiary alicyclic amines) is 1. The first-order chi connectivity index (χ1) is 17.6. The summed E-state index contributed by atoms with van der Waals surface area (Å²) in [5, 5.41) is 5.46. The van der Waals surface area contributed by atoms with Gasteiger partial charge in [0.15, 0.2) is 10.8 Å². The highest BCUT2D eigenvalue weighted by molar-refractivity contribution is 9.10. The van der Waals surface area contributed by atoms with E-state index in [1.54, 1.807) is 23.4 Å². The zero-order chi connectivity index (χ0) is 26.7. The molecule has 0 spiro atoms. The van der Waals surface area contributed by atoms with Crippen LogP contribution in [0.2, 0.25) is 0 Å². The van der Waals surface area contributed by atoms with Crippen LogP contribution in [-0.2, 0) is 14.3 Å². The zero-order valence-electron chi connectivity index (χ0n) is 20.3. The van der Waals surface area contributed by atoms with Gasteiger partial charge in [0.25, 0.3) is 5.92 Å². The van der Waals surface area contributed by atoms with Crippen LogP contribution in [-0.4, -0.2) is 59.1 Å². The van der Waals surface area contributed by atoms with E-state index in [4.69, 9.17) is 9.73 Å². The van der Waals surface area contributed by atoms with E-state index in [0.29, 0.717) is 26.6 Å². The summed E-state index contributed by atoms with van der Waals surface area (Å²) in [5.41, 5.74) is 1.01. The molecule has 2 aromatic rings. The van der Waals surface area contributed by atoms with Crippen molar-refractivity contribution in [3.05, 3.63) is 61.9 Å². The van der Waals surface area contributed by atoms with Crippen molar-refractivity contribution in [2.75, 3.05) is 19.7 Å². The number of benzene rings is 1. The monoisotopic (exact) mass is 598 g/mol. The lowest BCUT2D eigenvalue weighted by Gasteiger charge is -2.31. The Labute approximate surface area is 224 Å². The predicted octanol–water partition coefficient (Wildman–Crippen LogP) is 5.03. The van der Waals surface area contributed by atoms with Crippen LogP contribution < -0.4 is 5.32 Å². The lowest BCUT2D eigenvalue weighted by atomic mass is 9.95. The molecule has 12 heteroatoms. The lowest BCUT2D eigenvalue weighted by molar-refractivity contribution is -0.139. The highest BCUT2D eigenvalue weighted by atomic mass is 79.9. The number of nitrogens with zero attached hydrogens (tertiary/aromatic N) is 3. The van der Waals surface area contributed by atoms with Gasteiger partial charge in [-0.2, -0.15) is 0 Å². The molecule has 0 bridgehead atoms. The van der Waals surface area contributed by atoms with Gasteiger partial charge in [0, 0.05) is 47.2 Å². The summed E-state index contributed by atoms with van der Waals surface area (Å²) in [6, 6.07) is 2.62. The van der Waals surface area contributed by atoms with E-state index in [1.165, 1.54) is 36.5 Å². The molecule has 7 nitrogen and oxygen atoms in total.